The van der Waals surface area contributed by atoms with Gasteiger partial charge >= 0.3 is 6.18 Å². The molecule has 0 bridgehead atoms. The normalized spacial score (nSPS) is 14.4. The summed E-state index contributed by atoms with van der Waals surface area (Å²) < 4.78 is 39.6. The maximum atomic E-state index is 13.2. The molecule has 2 aromatic rings. The second-order valence-corrected chi connectivity index (χ2v) is 8.04. The Hall–Kier alpha value is -2.03. The van der Waals surface area contributed by atoms with Gasteiger partial charge in [0.2, 0.25) is 0 Å². The van der Waals surface area contributed by atoms with E-state index in [4.69, 9.17) is 35.4 Å². The van der Waals surface area contributed by atoms with Crippen LogP contribution in [0.25, 0.3) is 0 Å². The van der Waals surface area contributed by atoms with Crippen LogP contribution in [0, 0.1) is 0 Å². The second kappa shape index (κ2) is 9.41. The lowest BCUT2D eigenvalue weighted by atomic mass is 10.1. The molecule has 160 valence electrons. The molecule has 0 aliphatic carbocycles. The van der Waals surface area contributed by atoms with E-state index >= 15 is 0 Å². The quantitative estimate of drug-likeness (QED) is 0.524. The molecule has 1 aliphatic heterocycles. The Bertz CT molecular complexity index is 963. The summed E-state index contributed by atoms with van der Waals surface area (Å²) in [6, 6.07) is 7.80. The number of benzene rings is 2. The summed E-state index contributed by atoms with van der Waals surface area (Å²) >= 11 is 16.9. The Balaban J connectivity index is 1.81. The predicted molar refractivity (Wildman–Crippen MR) is 118 cm³/mol. The molecule has 0 saturated carbocycles. The van der Waals surface area contributed by atoms with Gasteiger partial charge in [-0.3, -0.25) is 10.1 Å². The Morgan fingerprint density at radius 2 is 1.70 bits per heavy atom. The second-order valence-electron chi connectivity index (χ2n) is 6.81. The SMILES string of the molecule is O=C(NC(=S)Nc1cc(C(F)(F)F)ccc1N1CCCCC1)c1ccc(Cl)c(Cl)c1. The van der Waals surface area contributed by atoms with E-state index in [1.165, 1.54) is 24.3 Å². The summed E-state index contributed by atoms with van der Waals surface area (Å²) in [6.07, 6.45) is -1.50. The minimum Gasteiger partial charge on any atom is -0.370 e. The number of alkyl halides is 3. The lowest BCUT2D eigenvalue weighted by Crippen LogP contribution is -2.35. The van der Waals surface area contributed by atoms with Gasteiger partial charge in [0.05, 0.1) is 27.0 Å². The van der Waals surface area contributed by atoms with E-state index in [0.717, 1.165) is 44.5 Å². The zero-order chi connectivity index (χ0) is 21.9. The lowest BCUT2D eigenvalue weighted by Gasteiger charge is -2.31. The summed E-state index contributed by atoms with van der Waals surface area (Å²) in [5.74, 6) is -0.558. The summed E-state index contributed by atoms with van der Waals surface area (Å²) in [7, 11) is 0. The van der Waals surface area contributed by atoms with Crippen molar-refractivity contribution >= 4 is 57.8 Å². The molecule has 0 radical (unpaired) electrons. The van der Waals surface area contributed by atoms with Crippen LogP contribution in [-0.2, 0) is 6.18 Å². The largest absolute Gasteiger partial charge is 0.416 e. The van der Waals surface area contributed by atoms with Crippen molar-refractivity contribution in [1.29, 1.82) is 0 Å². The first kappa shape index (κ1) is 22.7. The van der Waals surface area contributed by atoms with Gasteiger partial charge in [-0.1, -0.05) is 23.2 Å². The highest BCUT2D eigenvalue weighted by molar-refractivity contribution is 7.80. The molecule has 1 fully saturated rings. The van der Waals surface area contributed by atoms with Gasteiger partial charge in [0, 0.05) is 18.7 Å². The van der Waals surface area contributed by atoms with Gasteiger partial charge in [-0.05, 0) is 67.9 Å². The molecular formula is C20H18Cl2F3N3OS. The number of piperidine rings is 1. The fraction of sp³-hybridized carbons (Fsp3) is 0.300. The van der Waals surface area contributed by atoms with Gasteiger partial charge in [0.15, 0.2) is 5.11 Å². The predicted octanol–water partition coefficient (Wildman–Crippen LogP) is 6.13. The number of halogens is 5. The Morgan fingerprint density at radius 1 is 1.00 bits per heavy atom. The van der Waals surface area contributed by atoms with Gasteiger partial charge in [-0.25, -0.2) is 0 Å². The van der Waals surface area contributed by atoms with Crippen LogP contribution in [-0.4, -0.2) is 24.1 Å². The Morgan fingerprint density at radius 3 is 2.33 bits per heavy atom. The average molecular weight is 476 g/mol. The van der Waals surface area contributed by atoms with Crippen LogP contribution in [0.2, 0.25) is 10.0 Å². The third kappa shape index (κ3) is 5.56. The Kier molecular flexibility index (Phi) is 7.10. The van der Waals surface area contributed by atoms with E-state index in [2.05, 4.69) is 10.6 Å². The number of hydrogen-bond acceptors (Lipinski definition) is 3. The van der Waals surface area contributed by atoms with Crippen LogP contribution in [0.15, 0.2) is 36.4 Å². The fourth-order valence-electron chi connectivity index (χ4n) is 3.19. The van der Waals surface area contributed by atoms with Crippen LogP contribution in [0.1, 0.15) is 35.2 Å². The molecule has 3 rings (SSSR count). The van der Waals surface area contributed by atoms with Gasteiger partial charge in [-0.15, -0.1) is 0 Å². The number of anilines is 2. The van der Waals surface area contributed by atoms with Gasteiger partial charge in [0.1, 0.15) is 0 Å². The van der Waals surface area contributed by atoms with Crippen molar-refractivity contribution in [2.24, 2.45) is 0 Å². The molecule has 0 unspecified atom stereocenters. The molecule has 1 aliphatic rings. The molecule has 10 heteroatoms. The van der Waals surface area contributed by atoms with Gasteiger partial charge in [-0.2, -0.15) is 13.2 Å². The average Bonchev–Trinajstić information content (AvgIpc) is 2.70. The van der Waals surface area contributed by atoms with Crippen molar-refractivity contribution in [3.63, 3.8) is 0 Å². The molecule has 0 aromatic heterocycles. The number of carbonyl (C=O) groups excluding carboxylic acids is 1. The number of nitrogens with one attached hydrogen (secondary N) is 2. The maximum absolute atomic E-state index is 13.2. The molecule has 2 aromatic carbocycles. The monoisotopic (exact) mass is 475 g/mol. The van der Waals surface area contributed by atoms with E-state index in [0.29, 0.717) is 10.7 Å². The highest BCUT2D eigenvalue weighted by Gasteiger charge is 2.31. The molecule has 1 saturated heterocycles. The van der Waals surface area contributed by atoms with Crippen LogP contribution in [0.3, 0.4) is 0 Å². The Labute approximate surface area is 187 Å². The number of rotatable bonds is 3. The number of hydrogen-bond donors (Lipinski definition) is 2. The highest BCUT2D eigenvalue weighted by atomic mass is 35.5. The van der Waals surface area contributed by atoms with Crippen molar-refractivity contribution in [3.8, 4) is 0 Å². The van der Waals surface area contributed by atoms with Crippen molar-refractivity contribution in [3.05, 3.63) is 57.6 Å². The molecule has 0 spiro atoms. The molecule has 0 atom stereocenters. The van der Waals surface area contributed by atoms with Crippen LogP contribution in [0.5, 0.6) is 0 Å². The summed E-state index contributed by atoms with van der Waals surface area (Å²) in [6.45, 7) is 1.48. The minimum absolute atomic E-state index is 0.122. The molecule has 30 heavy (non-hydrogen) atoms. The zero-order valence-electron chi connectivity index (χ0n) is 15.7. The first-order chi connectivity index (χ1) is 14.1. The molecule has 1 amide bonds. The van der Waals surface area contributed by atoms with Crippen LogP contribution >= 0.6 is 35.4 Å². The number of thiocarbonyl (C=S) groups is 1. The number of nitrogens with zero attached hydrogens (tertiary/aromatic N) is 1. The van der Waals surface area contributed by atoms with E-state index < -0.39 is 17.6 Å². The van der Waals surface area contributed by atoms with Crippen LogP contribution in [0.4, 0.5) is 24.5 Å². The highest BCUT2D eigenvalue weighted by Crippen LogP contribution is 2.36. The van der Waals surface area contributed by atoms with E-state index in [9.17, 15) is 18.0 Å². The lowest BCUT2D eigenvalue weighted by molar-refractivity contribution is -0.137. The smallest absolute Gasteiger partial charge is 0.370 e. The number of carbonyl (C=O) groups is 1. The summed E-state index contributed by atoms with van der Waals surface area (Å²) in [4.78, 5) is 14.4. The summed E-state index contributed by atoms with van der Waals surface area (Å²) in [5, 5.41) is 5.58. The third-order valence-electron chi connectivity index (χ3n) is 4.68. The van der Waals surface area contributed by atoms with Crippen molar-refractivity contribution in [2.45, 2.75) is 25.4 Å². The fourth-order valence-corrected chi connectivity index (χ4v) is 3.69. The van der Waals surface area contributed by atoms with E-state index in [1.54, 1.807) is 0 Å². The van der Waals surface area contributed by atoms with Gasteiger partial charge < -0.3 is 10.2 Å². The molecule has 1 heterocycles. The minimum atomic E-state index is -4.50. The van der Waals surface area contributed by atoms with E-state index in [-0.39, 0.29) is 21.4 Å². The first-order valence-corrected chi connectivity index (χ1v) is 10.3. The first-order valence-electron chi connectivity index (χ1n) is 9.19. The molecular weight excluding hydrogens is 458 g/mol. The molecule has 2 N–H and O–H groups in total. The van der Waals surface area contributed by atoms with Crippen molar-refractivity contribution < 1.29 is 18.0 Å². The van der Waals surface area contributed by atoms with E-state index in [1.807, 2.05) is 4.90 Å². The maximum Gasteiger partial charge on any atom is 0.416 e. The number of amides is 1. The third-order valence-corrected chi connectivity index (χ3v) is 5.62. The standard InChI is InChI=1S/C20H18Cl2F3N3OS/c21-14-6-4-12(10-15(14)22)18(29)27-19(30)26-16-11-13(20(23,24)25)5-7-17(16)28-8-2-1-3-9-28/h4-7,10-11H,1-3,8-9H2,(H2,26,27,29,30). The van der Waals surface area contributed by atoms with Crippen molar-refractivity contribution in [2.75, 3.05) is 23.3 Å². The topological polar surface area (TPSA) is 44.4 Å². The summed E-state index contributed by atoms with van der Waals surface area (Å²) in [5.41, 5.74) is 0.207. The van der Waals surface area contributed by atoms with Gasteiger partial charge in [0.25, 0.3) is 5.91 Å². The molecule has 4 nitrogen and oxygen atoms in total. The zero-order valence-corrected chi connectivity index (χ0v) is 18.0. The van der Waals surface area contributed by atoms with Crippen LogP contribution < -0.4 is 15.5 Å². The van der Waals surface area contributed by atoms with Crippen molar-refractivity contribution in [1.82, 2.24) is 5.32 Å².